The Morgan fingerprint density at radius 1 is 1.16 bits per heavy atom. The van der Waals surface area contributed by atoms with Gasteiger partial charge in [0.15, 0.2) is 0 Å². The first-order valence-electron chi connectivity index (χ1n) is 5.99. The maximum atomic E-state index is 12.2. The van der Waals surface area contributed by atoms with Crippen LogP contribution >= 0.6 is 15.9 Å². The van der Waals surface area contributed by atoms with Gasteiger partial charge >= 0.3 is 0 Å². The summed E-state index contributed by atoms with van der Waals surface area (Å²) >= 11 is 3.35. The van der Waals surface area contributed by atoms with Crippen molar-refractivity contribution in [2.45, 2.75) is 20.8 Å². The Hall–Kier alpha value is -1.68. The van der Waals surface area contributed by atoms with Crippen molar-refractivity contribution in [2.75, 3.05) is 5.32 Å². The summed E-state index contributed by atoms with van der Waals surface area (Å²) in [6.07, 6.45) is 0. The molecule has 1 heterocycles. The van der Waals surface area contributed by atoms with E-state index < -0.39 is 0 Å². The van der Waals surface area contributed by atoms with Crippen molar-refractivity contribution in [3.05, 3.63) is 57.3 Å². The quantitative estimate of drug-likeness (QED) is 0.908. The molecular formula is C15H15BrN2O. The SMILES string of the molecule is Cc1cc(C)c(NC(=O)c2ccc(Br)cc2)c(C)n1. The van der Waals surface area contributed by atoms with Crippen molar-refractivity contribution in [3.8, 4) is 0 Å². The van der Waals surface area contributed by atoms with Gasteiger partial charge in [-0.15, -0.1) is 0 Å². The number of amides is 1. The first kappa shape index (κ1) is 13.7. The lowest BCUT2D eigenvalue weighted by Crippen LogP contribution is -2.14. The van der Waals surface area contributed by atoms with Gasteiger partial charge in [0.25, 0.3) is 5.91 Å². The summed E-state index contributed by atoms with van der Waals surface area (Å²) in [6, 6.07) is 9.23. The number of carbonyl (C=O) groups excluding carboxylic acids is 1. The number of rotatable bonds is 2. The van der Waals surface area contributed by atoms with Gasteiger partial charge in [-0.2, -0.15) is 0 Å². The topological polar surface area (TPSA) is 42.0 Å². The number of hydrogen-bond donors (Lipinski definition) is 1. The number of nitrogens with one attached hydrogen (secondary N) is 1. The van der Waals surface area contributed by atoms with Gasteiger partial charge in [0.2, 0.25) is 0 Å². The van der Waals surface area contributed by atoms with Crippen molar-refractivity contribution in [3.63, 3.8) is 0 Å². The van der Waals surface area contributed by atoms with E-state index in [1.54, 1.807) is 12.1 Å². The fourth-order valence-corrected chi connectivity index (χ4v) is 2.26. The molecule has 0 radical (unpaired) electrons. The minimum absolute atomic E-state index is 0.121. The van der Waals surface area contributed by atoms with E-state index in [9.17, 15) is 4.79 Å². The number of halogens is 1. The number of aryl methyl sites for hydroxylation is 3. The van der Waals surface area contributed by atoms with E-state index in [4.69, 9.17) is 0 Å². The molecule has 0 aliphatic heterocycles. The molecule has 0 saturated heterocycles. The fourth-order valence-electron chi connectivity index (χ4n) is 2.00. The number of pyridine rings is 1. The summed E-state index contributed by atoms with van der Waals surface area (Å²) in [4.78, 5) is 16.5. The van der Waals surface area contributed by atoms with E-state index in [2.05, 4.69) is 26.2 Å². The Morgan fingerprint density at radius 3 is 2.37 bits per heavy atom. The van der Waals surface area contributed by atoms with Crippen LogP contribution in [0.2, 0.25) is 0 Å². The molecule has 2 aromatic rings. The van der Waals surface area contributed by atoms with Crippen molar-refractivity contribution in [1.82, 2.24) is 4.98 Å². The van der Waals surface area contributed by atoms with Crippen LogP contribution in [0.25, 0.3) is 0 Å². The third kappa shape index (κ3) is 3.20. The number of anilines is 1. The van der Waals surface area contributed by atoms with Crippen LogP contribution in [0.4, 0.5) is 5.69 Å². The average Bonchev–Trinajstić information content (AvgIpc) is 2.34. The van der Waals surface area contributed by atoms with Crippen LogP contribution in [0.5, 0.6) is 0 Å². The molecule has 0 fully saturated rings. The second kappa shape index (κ2) is 5.53. The molecule has 0 aliphatic carbocycles. The number of nitrogens with zero attached hydrogens (tertiary/aromatic N) is 1. The van der Waals surface area contributed by atoms with E-state index in [1.165, 1.54) is 0 Å². The third-order valence-corrected chi connectivity index (χ3v) is 3.40. The number of aromatic nitrogens is 1. The Morgan fingerprint density at radius 2 is 1.79 bits per heavy atom. The van der Waals surface area contributed by atoms with Gasteiger partial charge < -0.3 is 5.32 Å². The lowest BCUT2D eigenvalue weighted by Gasteiger charge is -2.12. The van der Waals surface area contributed by atoms with Gasteiger partial charge in [0.05, 0.1) is 11.4 Å². The third-order valence-electron chi connectivity index (χ3n) is 2.87. The molecule has 4 heteroatoms. The normalized spacial score (nSPS) is 10.3. The fraction of sp³-hybridized carbons (Fsp3) is 0.200. The zero-order chi connectivity index (χ0) is 14.0. The number of hydrogen-bond acceptors (Lipinski definition) is 2. The van der Waals surface area contributed by atoms with Gasteiger partial charge in [0.1, 0.15) is 0 Å². The van der Waals surface area contributed by atoms with Crippen molar-refractivity contribution in [1.29, 1.82) is 0 Å². The Bertz CT molecular complexity index is 598. The lowest BCUT2D eigenvalue weighted by molar-refractivity contribution is 0.102. The van der Waals surface area contributed by atoms with Crippen molar-refractivity contribution in [2.24, 2.45) is 0 Å². The standard InChI is InChI=1S/C15H15BrN2O/c1-9-8-10(2)17-11(3)14(9)18-15(19)12-4-6-13(16)7-5-12/h4-8H,1-3H3,(H,18,19). The predicted octanol–water partition coefficient (Wildman–Crippen LogP) is 4.02. The van der Waals surface area contributed by atoms with Crippen LogP contribution in [0.1, 0.15) is 27.3 Å². The van der Waals surface area contributed by atoms with Gasteiger partial charge in [-0.3, -0.25) is 9.78 Å². The van der Waals surface area contributed by atoms with Crippen LogP contribution in [0, 0.1) is 20.8 Å². The predicted molar refractivity (Wildman–Crippen MR) is 80.5 cm³/mol. The highest BCUT2D eigenvalue weighted by molar-refractivity contribution is 9.10. The van der Waals surface area contributed by atoms with Crippen LogP contribution in [-0.2, 0) is 0 Å². The number of carbonyl (C=O) groups is 1. The highest BCUT2D eigenvalue weighted by Gasteiger charge is 2.10. The first-order valence-corrected chi connectivity index (χ1v) is 6.78. The van der Waals surface area contributed by atoms with Crippen molar-refractivity contribution < 1.29 is 4.79 Å². The van der Waals surface area contributed by atoms with E-state index in [-0.39, 0.29) is 5.91 Å². The van der Waals surface area contributed by atoms with E-state index in [0.717, 1.165) is 27.1 Å². The van der Waals surface area contributed by atoms with Gasteiger partial charge in [-0.1, -0.05) is 15.9 Å². The molecular weight excluding hydrogens is 304 g/mol. The first-order chi connectivity index (χ1) is 8.97. The molecule has 1 amide bonds. The Kier molecular flexibility index (Phi) is 4.00. The summed E-state index contributed by atoms with van der Waals surface area (Å²) in [5.74, 6) is -0.121. The van der Waals surface area contributed by atoms with Gasteiger partial charge in [-0.25, -0.2) is 0 Å². The molecule has 19 heavy (non-hydrogen) atoms. The molecule has 1 aromatic carbocycles. The van der Waals surface area contributed by atoms with Crippen molar-refractivity contribution >= 4 is 27.5 Å². The second-order valence-electron chi connectivity index (χ2n) is 4.50. The maximum Gasteiger partial charge on any atom is 0.255 e. The second-order valence-corrected chi connectivity index (χ2v) is 5.42. The summed E-state index contributed by atoms with van der Waals surface area (Å²) in [6.45, 7) is 5.82. The van der Waals surface area contributed by atoms with Crippen LogP contribution in [-0.4, -0.2) is 10.9 Å². The minimum atomic E-state index is -0.121. The molecule has 1 aromatic heterocycles. The van der Waals surface area contributed by atoms with Gasteiger partial charge in [-0.05, 0) is 56.7 Å². The molecule has 98 valence electrons. The Labute approximate surface area is 121 Å². The minimum Gasteiger partial charge on any atom is -0.320 e. The molecule has 3 nitrogen and oxygen atoms in total. The van der Waals surface area contributed by atoms with E-state index in [0.29, 0.717) is 5.56 Å². The summed E-state index contributed by atoms with van der Waals surface area (Å²) < 4.78 is 0.952. The molecule has 2 rings (SSSR count). The molecule has 0 atom stereocenters. The van der Waals surface area contributed by atoms with E-state index in [1.807, 2.05) is 39.0 Å². The zero-order valence-corrected chi connectivity index (χ0v) is 12.7. The average molecular weight is 319 g/mol. The van der Waals surface area contributed by atoms with Crippen LogP contribution in [0.15, 0.2) is 34.8 Å². The molecule has 0 aliphatic rings. The highest BCUT2D eigenvalue weighted by atomic mass is 79.9. The molecule has 0 bridgehead atoms. The van der Waals surface area contributed by atoms with Crippen LogP contribution in [0.3, 0.4) is 0 Å². The highest BCUT2D eigenvalue weighted by Crippen LogP contribution is 2.20. The Balaban J connectivity index is 2.26. The van der Waals surface area contributed by atoms with Gasteiger partial charge in [0, 0.05) is 15.7 Å². The molecule has 1 N–H and O–H groups in total. The lowest BCUT2D eigenvalue weighted by atomic mass is 10.1. The molecule has 0 unspecified atom stereocenters. The van der Waals surface area contributed by atoms with Crippen LogP contribution < -0.4 is 5.32 Å². The zero-order valence-electron chi connectivity index (χ0n) is 11.1. The monoisotopic (exact) mass is 318 g/mol. The smallest absolute Gasteiger partial charge is 0.255 e. The summed E-state index contributed by atoms with van der Waals surface area (Å²) in [5.41, 5.74) is 4.23. The number of benzene rings is 1. The largest absolute Gasteiger partial charge is 0.320 e. The summed E-state index contributed by atoms with van der Waals surface area (Å²) in [5, 5.41) is 2.92. The molecule has 0 spiro atoms. The summed E-state index contributed by atoms with van der Waals surface area (Å²) in [7, 11) is 0. The molecule has 0 saturated carbocycles. The van der Waals surface area contributed by atoms with E-state index >= 15 is 0 Å². The maximum absolute atomic E-state index is 12.2.